The van der Waals surface area contributed by atoms with Gasteiger partial charge in [-0.25, -0.2) is 4.98 Å². The van der Waals surface area contributed by atoms with Gasteiger partial charge in [-0.2, -0.15) is 0 Å². The minimum absolute atomic E-state index is 0.258. The number of ether oxygens (including phenoxy) is 2. The Morgan fingerprint density at radius 2 is 2.04 bits per heavy atom. The molecule has 2 aromatic rings. The van der Waals surface area contributed by atoms with E-state index in [0.29, 0.717) is 0 Å². The highest BCUT2D eigenvalue weighted by Crippen LogP contribution is 2.41. The number of aryl methyl sites for hydroxylation is 1. The molecule has 0 amide bonds. The summed E-state index contributed by atoms with van der Waals surface area (Å²) in [6.07, 6.45) is 4.10. The number of aromatic nitrogens is 1. The van der Waals surface area contributed by atoms with E-state index < -0.39 is 0 Å². The number of benzene rings is 1. The second kappa shape index (κ2) is 6.79. The molecule has 0 unspecified atom stereocenters. The number of anilines is 1. The fourth-order valence-electron chi connectivity index (χ4n) is 3.15. The maximum absolute atomic E-state index is 5.57. The first-order chi connectivity index (χ1) is 11.1. The fraction of sp³-hybridized carbons (Fsp3) is 0.389. The van der Waals surface area contributed by atoms with E-state index in [1.54, 1.807) is 14.2 Å². The first kappa shape index (κ1) is 16.1. The Balaban J connectivity index is 1.99. The van der Waals surface area contributed by atoms with Gasteiger partial charge in [-0.3, -0.25) is 0 Å². The topological polar surface area (TPSA) is 34.6 Å². The zero-order valence-electron chi connectivity index (χ0n) is 13.7. The van der Waals surface area contributed by atoms with E-state index >= 15 is 0 Å². The van der Waals surface area contributed by atoms with Crippen LogP contribution in [0, 0.1) is 6.92 Å². The second-order valence-corrected chi connectivity index (χ2v) is 6.61. The number of rotatable bonds is 4. The molecule has 1 aliphatic heterocycles. The van der Waals surface area contributed by atoms with Crippen LogP contribution in [-0.4, -0.2) is 25.7 Å². The van der Waals surface area contributed by atoms with Gasteiger partial charge >= 0.3 is 0 Å². The predicted molar refractivity (Wildman–Crippen MR) is 95.5 cm³/mol. The molecular formula is C18H21BrN2O2. The molecule has 1 atom stereocenters. The Morgan fingerprint density at radius 3 is 2.74 bits per heavy atom. The highest BCUT2D eigenvalue weighted by atomic mass is 79.9. The molecular weight excluding hydrogens is 356 g/mol. The Hall–Kier alpha value is -1.75. The van der Waals surface area contributed by atoms with Gasteiger partial charge in [0.15, 0.2) is 0 Å². The van der Waals surface area contributed by atoms with Gasteiger partial charge in [0.1, 0.15) is 17.3 Å². The molecule has 1 aliphatic rings. The van der Waals surface area contributed by atoms with Crippen molar-refractivity contribution in [2.45, 2.75) is 25.8 Å². The molecule has 0 spiro atoms. The summed E-state index contributed by atoms with van der Waals surface area (Å²) in [4.78, 5) is 6.96. The van der Waals surface area contributed by atoms with Crippen molar-refractivity contribution in [1.82, 2.24) is 4.98 Å². The lowest BCUT2D eigenvalue weighted by molar-refractivity contribution is 0.395. The summed E-state index contributed by atoms with van der Waals surface area (Å²) in [5.74, 6) is 2.77. The van der Waals surface area contributed by atoms with Gasteiger partial charge in [0, 0.05) is 22.8 Å². The van der Waals surface area contributed by atoms with Crippen molar-refractivity contribution in [2.75, 3.05) is 25.7 Å². The van der Waals surface area contributed by atoms with Crippen molar-refractivity contribution >= 4 is 21.7 Å². The van der Waals surface area contributed by atoms with Crippen LogP contribution < -0.4 is 14.4 Å². The van der Waals surface area contributed by atoms with E-state index in [9.17, 15) is 0 Å². The number of pyridine rings is 1. The lowest BCUT2D eigenvalue weighted by Crippen LogP contribution is -2.24. The minimum atomic E-state index is 0.258. The predicted octanol–water partition coefficient (Wildman–Crippen LogP) is 4.51. The normalized spacial score (nSPS) is 17.4. The molecule has 0 aliphatic carbocycles. The fourth-order valence-corrected chi connectivity index (χ4v) is 3.36. The van der Waals surface area contributed by atoms with Gasteiger partial charge in [-0.1, -0.05) is 0 Å². The third-order valence-corrected chi connectivity index (χ3v) is 5.21. The largest absolute Gasteiger partial charge is 0.497 e. The van der Waals surface area contributed by atoms with E-state index in [1.807, 2.05) is 18.3 Å². The van der Waals surface area contributed by atoms with Gasteiger partial charge in [0.05, 0.1) is 20.3 Å². The zero-order valence-corrected chi connectivity index (χ0v) is 15.3. The van der Waals surface area contributed by atoms with E-state index in [2.05, 4.69) is 44.9 Å². The van der Waals surface area contributed by atoms with E-state index in [-0.39, 0.29) is 6.04 Å². The molecule has 1 aromatic heterocycles. The van der Waals surface area contributed by atoms with Crippen LogP contribution in [0.4, 0.5) is 5.82 Å². The number of methoxy groups -OCH3 is 2. The van der Waals surface area contributed by atoms with E-state index in [1.165, 1.54) is 5.56 Å². The van der Waals surface area contributed by atoms with Gasteiger partial charge in [-0.15, -0.1) is 0 Å². The number of hydrogen-bond acceptors (Lipinski definition) is 4. The molecule has 0 N–H and O–H groups in total. The average molecular weight is 377 g/mol. The number of hydrogen-bond donors (Lipinski definition) is 0. The summed E-state index contributed by atoms with van der Waals surface area (Å²) in [7, 11) is 3.41. The first-order valence-corrected chi connectivity index (χ1v) is 8.54. The minimum Gasteiger partial charge on any atom is -0.497 e. The summed E-state index contributed by atoms with van der Waals surface area (Å²) in [6, 6.07) is 8.38. The second-order valence-electron chi connectivity index (χ2n) is 5.75. The first-order valence-electron chi connectivity index (χ1n) is 7.74. The van der Waals surface area contributed by atoms with Crippen LogP contribution in [0.1, 0.15) is 30.0 Å². The van der Waals surface area contributed by atoms with Crippen LogP contribution in [-0.2, 0) is 0 Å². The highest BCUT2D eigenvalue weighted by Gasteiger charge is 2.30. The number of halogens is 1. The van der Waals surface area contributed by atoms with Crippen LogP contribution in [0.3, 0.4) is 0 Å². The molecule has 0 saturated carbocycles. The van der Waals surface area contributed by atoms with Gasteiger partial charge in [0.25, 0.3) is 0 Å². The smallest absolute Gasteiger partial charge is 0.129 e. The maximum atomic E-state index is 5.57. The maximum Gasteiger partial charge on any atom is 0.129 e. The van der Waals surface area contributed by atoms with Crippen molar-refractivity contribution in [1.29, 1.82) is 0 Å². The summed E-state index contributed by atoms with van der Waals surface area (Å²) >= 11 is 3.52. The Morgan fingerprint density at radius 1 is 1.22 bits per heavy atom. The SMILES string of the molecule is COc1ccc(OC)c([C@@H]2CCCN2c2cc(C)c(Br)cn2)c1. The Kier molecular flexibility index (Phi) is 4.76. The van der Waals surface area contributed by atoms with Crippen LogP contribution in [0.5, 0.6) is 11.5 Å². The highest BCUT2D eigenvalue weighted by molar-refractivity contribution is 9.10. The lowest BCUT2D eigenvalue weighted by Gasteiger charge is -2.28. The van der Waals surface area contributed by atoms with Crippen molar-refractivity contribution in [2.24, 2.45) is 0 Å². The molecule has 0 bridgehead atoms. The van der Waals surface area contributed by atoms with Crippen LogP contribution in [0.15, 0.2) is 34.9 Å². The van der Waals surface area contributed by atoms with Gasteiger partial charge in [-0.05, 0) is 65.5 Å². The van der Waals surface area contributed by atoms with E-state index in [4.69, 9.17) is 9.47 Å². The third kappa shape index (κ3) is 3.15. The molecule has 23 heavy (non-hydrogen) atoms. The molecule has 1 saturated heterocycles. The molecule has 1 fully saturated rings. The molecule has 3 rings (SSSR count). The Bertz CT molecular complexity index is 705. The summed E-state index contributed by atoms with van der Waals surface area (Å²) < 4.78 is 12.0. The summed E-state index contributed by atoms with van der Waals surface area (Å²) in [5, 5.41) is 0. The third-order valence-electron chi connectivity index (χ3n) is 4.38. The molecule has 122 valence electrons. The summed E-state index contributed by atoms with van der Waals surface area (Å²) in [6.45, 7) is 3.09. The monoisotopic (exact) mass is 376 g/mol. The molecule has 5 heteroatoms. The van der Waals surface area contributed by atoms with Crippen molar-refractivity contribution in [3.05, 3.63) is 46.1 Å². The Labute approximate surface area is 145 Å². The lowest BCUT2D eigenvalue weighted by atomic mass is 10.0. The van der Waals surface area contributed by atoms with Crippen LogP contribution >= 0.6 is 15.9 Å². The van der Waals surface area contributed by atoms with Crippen molar-refractivity contribution in [3.63, 3.8) is 0 Å². The van der Waals surface area contributed by atoms with Gasteiger partial charge < -0.3 is 14.4 Å². The van der Waals surface area contributed by atoms with Gasteiger partial charge in [0.2, 0.25) is 0 Å². The quantitative estimate of drug-likeness (QED) is 0.785. The standard InChI is InChI=1S/C18H21BrN2O2/c1-12-9-18(20-11-15(12)19)21-8-4-5-16(21)14-10-13(22-2)6-7-17(14)23-3/h6-7,9-11,16H,4-5,8H2,1-3H3/t16-/m0/s1. The number of nitrogens with zero attached hydrogens (tertiary/aromatic N) is 2. The van der Waals surface area contributed by atoms with Crippen molar-refractivity contribution < 1.29 is 9.47 Å². The zero-order chi connectivity index (χ0) is 16.4. The van der Waals surface area contributed by atoms with Crippen LogP contribution in [0.2, 0.25) is 0 Å². The molecule has 2 heterocycles. The van der Waals surface area contributed by atoms with E-state index in [0.717, 1.165) is 46.7 Å². The van der Waals surface area contributed by atoms with Crippen LogP contribution in [0.25, 0.3) is 0 Å². The molecule has 1 aromatic carbocycles. The molecule has 0 radical (unpaired) electrons. The average Bonchev–Trinajstić information content (AvgIpc) is 3.06. The van der Waals surface area contributed by atoms with Crippen molar-refractivity contribution in [3.8, 4) is 11.5 Å². The molecule has 4 nitrogen and oxygen atoms in total. The summed E-state index contributed by atoms with van der Waals surface area (Å²) in [5.41, 5.74) is 2.35.